The van der Waals surface area contributed by atoms with E-state index in [0.717, 1.165) is 78.4 Å². The van der Waals surface area contributed by atoms with Gasteiger partial charge in [-0.1, -0.05) is 111 Å². The van der Waals surface area contributed by atoms with Crippen molar-refractivity contribution >= 4 is 74.2 Å². The predicted molar refractivity (Wildman–Crippen MR) is 212 cm³/mol. The van der Waals surface area contributed by atoms with E-state index in [1.54, 1.807) is 6.07 Å². The molecule has 5 aromatic carbocycles. The van der Waals surface area contributed by atoms with Gasteiger partial charge in [-0.2, -0.15) is 0 Å². The number of allylic oxidation sites excluding steroid dienone is 4. The molecule has 250 valence electrons. The molecule has 1 aliphatic rings. The molecule has 0 saturated heterocycles. The second-order valence-electron chi connectivity index (χ2n) is 13.0. The molecule has 0 bridgehead atoms. The Morgan fingerprint density at radius 2 is 1.57 bits per heavy atom. The van der Waals surface area contributed by atoms with Gasteiger partial charge in [-0.25, -0.2) is 9.97 Å². The highest BCUT2D eigenvalue weighted by atomic mass is 16.4. The smallest absolute Gasteiger partial charge is 0.456 e. The molecule has 6 nitrogen and oxygen atoms in total. The third kappa shape index (κ3) is 5.55. The van der Waals surface area contributed by atoms with Gasteiger partial charge in [0.05, 0.1) is 17.1 Å². The molecular weight excluding hydrogens is 629 g/mol. The number of fused-ring (bicyclic) bond motifs is 7. The van der Waals surface area contributed by atoms with E-state index < -0.39 is 7.12 Å². The molecule has 1 aliphatic heterocycles. The monoisotopic (exact) mass is 667 g/mol. The maximum absolute atomic E-state index is 10.4. The summed E-state index contributed by atoms with van der Waals surface area (Å²) in [5.74, 6) is 1.29. The molecule has 7 aromatic rings. The zero-order valence-corrected chi connectivity index (χ0v) is 29.0. The molecule has 51 heavy (non-hydrogen) atoms. The molecule has 0 radical (unpaired) electrons. The minimum absolute atomic E-state index is 0.100. The van der Waals surface area contributed by atoms with Crippen molar-refractivity contribution in [1.82, 2.24) is 9.97 Å². The van der Waals surface area contributed by atoms with Gasteiger partial charge in [-0.3, -0.25) is 0 Å². The molecule has 0 aliphatic carbocycles. The SMILES string of the molecule is C=C1/C=c2/cccc/c2=C/C(C)N(c2nc(-c3cccc4c3oc3c(B(O)O)cc5ccccc5c34)nc3ccccc23)C(/C=C\CC)=C\1CC. The average Bonchev–Trinajstić information content (AvgIpc) is 3.55. The number of hydrogen-bond donors (Lipinski definition) is 2. The highest BCUT2D eigenvalue weighted by molar-refractivity contribution is 6.62. The Balaban J connectivity index is 1.45. The van der Waals surface area contributed by atoms with Crippen LogP contribution in [-0.2, 0) is 0 Å². The normalized spacial score (nSPS) is 18.0. The minimum Gasteiger partial charge on any atom is -0.456 e. The van der Waals surface area contributed by atoms with Crippen molar-refractivity contribution in [3.63, 3.8) is 0 Å². The Kier molecular flexibility index (Phi) is 8.38. The van der Waals surface area contributed by atoms with Gasteiger partial charge in [0.25, 0.3) is 0 Å². The molecule has 1 atom stereocenters. The van der Waals surface area contributed by atoms with Crippen LogP contribution in [-0.4, -0.2) is 33.2 Å². The second-order valence-corrected chi connectivity index (χ2v) is 13.0. The lowest BCUT2D eigenvalue weighted by Gasteiger charge is -2.32. The summed E-state index contributed by atoms with van der Waals surface area (Å²) in [5.41, 5.74) is 6.01. The van der Waals surface area contributed by atoms with Crippen molar-refractivity contribution in [2.24, 2.45) is 0 Å². The molecule has 0 fully saturated rings. The van der Waals surface area contributed by atoms with E-state index in [0.29, 0.717) is 28.0 Å². The van der Waals surface area contributed by atoms with Crippen molar-refractivity contribution in [3.05, 3.63) is 143 Å². The molecule has 0 saturated carbocycles. The van der Waals surface area contributed by atoms with Crippen molar-refractivity contribution < 1.29 is 14.5 Å². The summed E-state index contributed by atoms with van der Waals surface area (Å²) >= 11 is 0. The molecule has 0 spiro atoms. The number of furan rings is 1. The number of nitrogens with zero attached hydrogens (tertiary/aromatic N) is 3. The highest BCUT2D eigenvalue weighted by Crippen LogP contribution is 2.40. The molecule has 2 aromatic heterocycles. The third-order valence-corrected chi connectivity index (χ3v) is 9.82. The molecule has 7 heteroatoms. The summed E-state index contributed by atoms with van der Waals surface area (Å²) in [4.78, 5) is 12.9. The standard InChI is InChI=1S/C44H38BN3O3/c1-5-7-23-39-32(6-2)27(3)24-29-15-8-9-16-30(29)25-28(4)48(39)44-34-19-12-13-22-38(34)46-43(47-44)36-21-14-20-35-40-33-18-11-10-17-31(33)26-37(45(49)50)42(40)51-41(35)36/h7-26,28,49-50H,3,5-6H2,1-2,4H3/b23-7-,29-24-,30-25-,39-32-. The zero-order chi connectivity index (χ0) is 35.2. The third-order valence-electron chi connectivity index (χ3n) is 9.82. The Morgan fingerprint density at radius 3 is 2.35 bits per heavy atom. The van der Waals surface area contributed by atoms with Crippen LogP contribution in [0.3, 0.4) is 0 Å². The van der Waals surface area contributed by atoms with E-state index in [-0.39, 0.29) is 6.04 Å². The summed E-state index contributed by atoms with van der Waals surface area (Å²) in [6, 6.07) is 32.2. The fourth-order valence-corrected chi connectivity index (χ4v) is 7.46. The Bertz CT molecular complexity index is 2710. The number of para-hydroxylation sites is 2. The lowest BCUT2D eigenvalue weighted by molar-refractivity contribution is 0.425. The van der Waals surface area contributed by atoms with Crippen molar-refractivity contribution in [1.29, 1.82) is 0 Å². The van der Waals surface area contributed by atoms with Crippen molar-refractivity contribution in [2.75, 3.05) is 4.90 Å². The van der Waals surface area contributed by atoms with Gasteiger partial charge in [-0.05, 0) is 82.5 Å². The Labute approximate surface area is 296 Å². The summed E-state index contributed by atoms with van der Waals surface area (Å²) in [6.07, 6.45) is 10.5. The van der Waals surface area contributed by atoms with Gasteiger partial charge in [0.2, 0.25) is 0 Å². The van der Waals surface area contributed by atoms with E-state index in [2.05, 4.69) is 86.9 Å². The van der Waals surface area contributed by atoms with Gasteiger partial charge >= 0.3 is 7.12 Å². The fraction of sp³-hybridized carbons (Fsp3) is 0.136. The largest absolute Gasteiger partial charge is 0.492 e. The zero-order valence-electron chi connectivity index (χ0n) is 29.0. The number of hydrogen-bond acceptors (Lipinski definition) is 6. The molecule has 2 N–H and O–H groups in total. The lowest BCUT2D eigenvalue weighted by Crippen LogP contribution is -2.35. The molecule has 3 heterocycles. The van der Waals surface area contributed by atoms with E-state index in [9.17, 15) is 10.0 Å². The average molecular weight is 668 g/mol. The van der Waals surface area contributed by atoms with Crippen molar-refractivity contribution in [3.8, 4) is 11.4 Å². The predicted octanol–water partition coefficient (Wildman–Crippen LogP) is 7.69. The lowest BCUT2D eigenvalue weighted by atomic mass is 9.78. The highest BCUT2D eigenvalue weighted by Gasteiger charge is 2.27. The quantitative estimate of drug-likeness (QED) is 0.177. The summed E-state index contributed by atoms with van der Waals surface area (Å²) in [5, 5.41) is 27.6. The minimum atomic E-state index is -1.70. The van der Waals surface area contributed by atoms with Crippen LogP contribution in [0, 0.1) is 0 Å². The summed E-state index contributed by atoms with van der Waals surface area (Å²) in [6.45, 7) is 11.1. The van der Waals surface area contributed by atoms with Crippen LogP contribution in [0.15, 0.2) is 137 Å². The number of benzene rings is 5. The molecule has 1 unspecified atom stereocenters. The molecule has 8 rings (SSSR count). The second kappa shape index (κ2) is 13.2. The first kappa shape index (κ1) is 32.4. The number of rotatable bonds is 6. The van der Waals surface area contributed by atoms with E-state index in [1.165, 1.54) is 0 Å². The summed E-state index contributed by atoms with van der Waals surface area (Å²) < 4.78 is 6.62. The van der Waals surface area contributed by atoms with Crippen LogP contribution in [0.2, 0.25) is 0 Å². The van der Waals surface area contributed by atoms with Crippen molar-refractivity contribution in [2.45, 2.75) is 39.7 Å². The van der Waals surface area contributed by atoms with Gasteiger partial charge < -0.3 is 19.4 Å². The van der Waals surface area contributed by atoms with Gasteiger partial charge in [0.15, 0.2) is 5.82 Å². The molecular formula is C44H38BN3O3. The topological polar surface area (TPSA) is 82.6 Å². The Morgan fingerprint density at radius 1 is 0.843 bits per heavy atom. The first-order valence-electron chi connectivity index (χ1n) is 17.5. The maximum atomic E-state index is 10.4. The van der Waals surface area contributed by atoms with Crippen LogP contribution in [0.25, 0.3) is 67.2 Å². The number of anilines is 1. The van der Waals surface area contributed by atoms with Gasteiger partial charge in [0, 0.05) is 27.3 Å². The van der Waals surface area contributed by atoms with E-state index in [1.807, 2.05) is 60.7 Å². The van der Waals surface area contributed by atoms with Crippen LogP contribution in [0.5, 0.6) is 0 Å². The first-order chi connectivity index (χ1) is 24.9. The van der Waals surface area contributed by atoms with Gasteiger partial charge in [0.1, 0.15) is 17.0 Å². The van der Waals surface area contributed by atoms with Crippen LogP contribution in [0.4, 0.5) is 5.82 Å². The summed E-state index contributed by atoms with van der Waals surface area (Å²) in [7, 11) is -1.70. The maximum Gasteiger partial charge on any atom is 0.492 e. The van der Waals surface area contributed by atoms with E-state index in [4.69, 9.17) is 14.4 Å². The first-order valence-corrected chi connectivity index (χ1v) is 17.5. The fourth-order valence-electron chi connectivity index (χ4n) is 7.46. The van der Waals surface area contributed by atoms with E-state index >= 15 is 0 Å². The van der Waals surface area contributed by atoms with Crippen LogP contribution >= 0.6 is 0 Å². The van der Waals surface area contributed by atoms with Gasteiger partial charge in [-0.15, -0.1) is 0 Å². The Hall–Kier alpha value is -5.76. The number of aromatic nitrogens is 2. The van der Waals surface area contributed by atoms with Crippen LogP contribution in [0.1, 0.15) is 33.6 Å². The molecule has 0 amide bonds. The van der Waals surface area contributed by atoms with Crippen LogP contribution < -0.4 is 20.8 Å².